The van der Waals surface area contributed by atoms with E-state index >= 15 is 0 Å². The molecule has 10 nitrogen and oxygen atoms in total. The molecule has 0 saturated heterocycles. The van der Waals surface area contributed by atoms with Crippen LogP contribution in [0.3, 0.4) is 0 Å². The van der Waals surface area contributed by atoms with Crippen molar-refractivity contribution in [3.05, 3.63) is 24.3 Å². The second-order valence-corrected chi connectivity index (χ2v) is 7.55. The summed E-state index contributed by atoms with van der Waals surface area (Å²) in [5, 5.41) is 5.32. The molecule has 0 aromatic heterocycles. The minimum absolute atomic E-state index is 0.115. The lowest BCUT2D eigenvalue weighted by Gasteiger charge is -2.17. The Kier molecular flexibility index (Phi) is 15.0. The zero-order valence-electron chi connectivity index (χ0n) is 19.8. The first-order chi connectivity index (χ1) is 15.1. The molecule has 0 aliphatic carbocycles. The number of hydrogen-bond donors (Lipinski definition) is 2. The molecule has 0 atom stereocenters. The van der Waals surface area contributed by atoms with Gasteiger partial charge in [0.2, 0.25) is 11.8 Å². The minimum Gasteiger partial charge on any atom is -0.448 e. The Morgan fingerprint density at radius 3 is 1.34 bits per heavy atom. The lowest BCUT2D eigenvalue weighted by molar-refractivity contribution is -0.126. The van der Waals surface area contributed by atoms with Gasteiger partial charge in [-0.1, -0.05) is 26.0 Å². The van der Waals surface area contributed by atoms with Gasteiger partial charge in [0.05, 0.1) is 13.1 Å². The van der Waals surface area contributed by atoms with Crippen LogP contribution < -0.4 is 10.6 Å². The molecule has 0 bridgehead atoms. The van der Waals surface area contributed by atoms with Gasteiger partial charge in [0.15, 0.2) is 0 Å². The average Bonchev–Trinajstić information content (AvgIpc) is 2.73. The van der Waals surface area contributed by atoms with Gasteiger partial charge in [-0.2, -0.15) is 0 Å². The van der Waals surface area contributed by atoms with Crippen molar-refractivity contribution in [1.29, 1.82) is 0 Å². The fourth-order valence-electron chi connectivity index (χ4n) is 2.49. The molecule has 0 aliphatic heterocycles. The Labute approximate surface area is 191 Å². The summed E-state index contributed by atoms with van der Waals surface area (Å²) in [7, 11) is 3.25. The van der Waals surface area contributed by atoms with Crippen molar-refractivity contribution in [1.82, 2.24) is 20.4 Å². The summed E-state index contributed by atoms with van der Waals surface area (Å²) in [6.07, 6.45) is 2.33. The summed E-state index contributed by atoms with van der Waals surface area (Å²) in [4.78, 5) is 49.3. The lowest BCUT2D eigenvalue weighted by Crippen LogP contribution is -2.33. The Morgan fingerprint density at radius 1 is 0.688 bits per heavy atom. The van der Waals surface area contributed by atoms with Crippen LogP contribution in [0.25, 0.3) is 0 Å². The number of carbonyl (C=O) groups is 4. The number of nitrogens with zero attached hydrogens (tertiary/aromatic N) is 2. The van der Waals surface area contributed by atoms with Crippen LogP contribution in [0.15, 0.2) is 24.3 Å². The quantitative estimate of drug-likeness (QED) is 0.289. The van der Waals surface area contributed by atoms with Crippen LogP contribution in [0, 0.1) is 0 Å². The summed E-state index contributed by atoms with van der Waals surface area (Å²) in [6.45, 7) is 12.2. The van der Waals surface area contributed by atoms with Crippen LogP contribution in [-0.2, 0) is 19.1 Å². The number of amides is 4. The predicted octanol–water partition coefficient (Wildman–Crippen LogP) is 2.07. The van der Waals surface area contributed by atoms with Crippen molar-refractivity contribution >= 4 is 24.0 Å². The van der Waals surface area contributed by atoms with Crippen molar-refractivity contribution in [2.24, 2.45) is 0 Å². The van der Waals surface area contributed by atoms with E-state index in [1.165, 1.54) is 9.80 Å². The SMILES string of the molecule is C=C(C)C(=O)N(C)CCOC(=O)NCCCCCCNC(=O)OCCN(C)C(=O)C(=C)C. The number of rotatable bonds is 15. The van der Waals surface area contributed by atoms with Gasteiger partial charge in [-0.3, -0.25) is 9.59 Å². The summed E-state index contributed by atoms with van der Waals surface area (Å²) in [5.41, 5.74) is 0.868. The fourth-order valence-corrected chi connectivity index (χ4v) is 2.49. The van der Waals surface area contributed by atoms with Gasteiger partial charge >= 0.3 is 12.2 Å². The third-order valence-corrected chi connectivity index (χ3v) is 4.39. The molecule has 0 unspecified atom stereocenters. The van der Waals surface area contributed by atoms with E-state index in [9.17, 15) is 19.2 Å². The summed E-state index contributed by atoms with van der Waals surface area (Å²) >= 11 is 0. The van der Waals surface area contributed by atoms with Crippen molar-refractivity contribution in [2.75, 3.05) is 53.5 Å². The maximum Gasteiger partial charge on any atom is 0.407 e. The third-order valence-electron chi connectivity index (χ3n) is 4.39. The molecule has 0 fully saturated rings. The molecule has 0 aliphatic rings. The molecule has 0 heterocycles. The molecule has 0 rings (SSSR count). The molecule has 10 heteroatoms. The van der Waals surface area contributed by atoms with E-state index in [4.69, 9.17) is 9.47 Å². The molecular formula is C22H38N4O6. The van der Waals surface area contributed by atoms with Crippen molar-refractivity contribution in [2.45, 2.75) is 39.5 Å². The first kappa shape index (κ1) is 29.0. The molecule has 4 amide bonds. The van der Waals surface area contributed by atoms with E-state index in [1.807, 2.05) is 0 Å². The maximum atomic E-state index is 11.6. The van der Waals surface area contributed by atoms with E-state index in [2.05, 4.69) is 23.8 Å². The van der Waals surface area contributed by atoms with Crippen LogP contribution in [0.2, 0.25) is 0 Å². The van der Waals surface area contributed by atoms with Gasteiger partial charge in [-0.15, -0.1) is 0 Å². The van der Waals surface area contributed by atoms with Crippen LogP contribution in [0.5, 0.6) is 0 Å². The highest BCUT2D eigenvalue weighted by Crippen LogP contribution is 1.99. The molecule has 0 spiro atoms. The zero-order valence-corrected chi connectivity index (χ0v) is 19.8. The van der Waals surface area contributed by atoms with E-state index in [0.29, 0.717) is 37.3 Å². The third kappa shape index (κ3) is 14.1. The molecule has 0 aromatic rings. The molecule has 182 valence electrons. The highest BCUT2D eigenvalue weighted by molar-refractivity contribution is 5.92. The lowest BCUT2D eigenvalue weighted by atomic mass is 10.2. The van der Waals surface area contributed by atoms with E-state index in [1.54, 1.807) is 27.9 Å². The Hall–Kier alpha value is -3.04. The van der Waals surface area contributed by atoms with E-state index in [-0.39, 0.29) is 25.0 Å². The monoisotopic (exact) mass is 454 g/mol. The second-order valence-electron chi connectivity index (χ2n) is 7.55. The zero-order chi connectivity index (χ0) is 24.5. The fraction of sp³-hybridized carbons (Fsp3) is 0.636. The number of likely N-dealkylation sites (N-methyl/N-ethyl adjacent to an activating group) is 2. The Balaban J connectivity index is 3.60. The van der Waals surface area contributed by atoms with Crippen LogP contribution >= 0.6 is 0 Å². The normalized spacial score (nSPS) is 10.0. The molecule has 0 aromatic carbocycles. The number of unbranched alkanes of at least 4 members (excludes halogenated alkanes) is 3. The molecular weight excluding hydrogens is 416 g/mol. The van der Waals surface area contributed by atoms with Gasteiger partial charge in [0.1, 0.15) is 13.2 Å². The summed E-state index contributed by atoms with van der Waals surface area (Å²) in [5.74, 6) is -0.362. The number of ether oxygens (including phenoxy) is 2. The second kappa shape index (κ2) is 16.6. The maximum absolute atomic E-state index is 11.6. The molecule has 32 heavy (non-hydrogen) atoms. The summed E-state index contributed by atoms with van der Waals surface area (Å²) < 4.78 is 10.0. The van der Waals surface area contributed by atoms with E-state index in [0.717, 1.165) is 25.7 Å². The van der Waals surface area contributed by atoms with Crippen molar-refractivity contribution in [3.8, 4) is 0 Å². The Bertz CT molecular complexity index is 609. The van der Waals surface area contributed by atoms with Gasteiger partial charge in [0.25, 0.3) is 0 Å². The smallest absolute Gasteiger partial charge is 0.407 e. The van der Waals surface area contributed by atoms with Gasteiger partial charge < -0.3 is 29.9 Å². The molecule has 2 N–H and O–H groups in total. The largest absolute Gasteiger partial charge is 0.448 e. The van der Waals surface area contributed by atoms with Crippen LogP contribution in [-0.4, -0.2) is 87.3 Å². The molecule has 0 saturated carbocycles. The van der Waals surface area contributed by atoms with E-state index < -0.39 is 12.2 Å². The van der Waals surface area contributed by atoms with Gasteiger partial charge in [-0.05, 0) is 26.7 Å². The predicted molar refractivity (Wildman–Crippen MR) is 122 cm³/mol. The highest BCUT2D eigenvalue weighted by atomic mass is 16.6. The highest BCUT2D eigenvalue weighted by Gasteiger charge is 2.11. The van der Waals surface area contributed by atoms with Gasteiger partial charge in [0, 0.05) is 38.3 Å². The minimum atomic E-state index is -0.513. The van der Waals surface area contributed by atoms with Crippen molar-refractivity contribution < 1.29 is 28.7 Å². The number of nitrogens with one attached hydrogen (secondary N) is 2. The number of carbonyl (C=O) groups excluding carboxylic acids is 4. The van der Waals surface area contributed by atoms with Gasteiger partial charge in [-0.25, -0.2) is 9.59 Å². The summed E-state index contributed by atoms with van der Waals surface area (Å²) in [6, 6.07) is 0. The first-order valence-electron chi connectivity index (χ1n) is 10.7. The topological polar surface area (TPSA) is 117 Å². The molecule has 0 radical (unpaired) electrons. The van der Waals surface area contributed by atoms with Crippen LogP contribution in [0.1, 0.15) is 39.5 Å². The van der Waals surface area contributed by atoms with Crippen LogP contribution in [0.4, 0.5) is 9.59 Å². The standard InChI is InChI=1S/C22H38N4O6/c1-17(2)19(27)25(5)13-15-31-21(29)23-11-9-7-8-10-12-24-22(30)32-16-14-26(6)20(28)18(3)4/h1,3,7-16H2,2,4-6H3,(H,23,29)(H,24,30). The average molecular weight is 455 g/mol. The number of hydrogen-bond acceptors (Lipinski definition) is 6. The Morgan fingerprint density at radius 2 is 1.03 bits per heavy atom. The number of alkyl carbamates (subject to hydrolysis) is 2. The first-order valence-corrected chi connectivity index (χ1v) is 10.7. The van der Waals surface area contributed by atoms with Crippen molar-refractivity contribution in [3.63, 3.8) is 0 Å².